The predicted molar refractivity (Wildman–Crippen MR) is 111 cm³/mol. The Morgan fingerprint density at radius 3 is 2.31 bits per heavy atom. The second-order valence-corrected chi connectivity index (χ2v) is 8.60. The van der Waals surface area contributed by atoms with Crippen molar-refractivity contribution in [2.24, 2.45) is 5.10 Å². The van der Waals surface area contributed by atoms with Crippen LogP contribution in [0.25, 0.3) is 0 Å². The van der Waals surface area contributed by atoms with Crippen molar-refractivity contribution >= 4 is 44.5 Å². The molecule has 2 rings (SSSR count). The second-order valence-electron chi connectivity index (χ2n) is 5.74. The number of nitrogens with zero attached hydrogens (tertiary/aromatic N) is 1. The van der Waals surface area contributed by atoms with E-state index in [2.05, 4.69) is 15.8 Å². The summed E-state index contributed by atoms with van der Waals surface area (Å²) in [6.45, 7) is 2.49. The zero-order valence-corrected chi connectivity index (χ0v) is 16.9. The minimum Gasteiger partial charge on any atom is -0.361 e. The monoisotopic (exact) mass is 409 g/mol. The van der Waals surface area contributed by atoms with Gasteiger partial charge < -0.3 is 5.32 Å². The number of nitrogens with one attached hydrogen (secondary N) is 2. The summed E-state index contributed by atoms with van der Waals surface area (Å²) in [6.07, 6.45) is 1.99. The molecule has 0 unspecified atom stereocenters. The van der Waals surface area contributed by atoms with Crippen molar-refractivity contribution in [1.29, 1.82) is 0 Å². The molecule has 2 N–H and O–H groups in total. The third-order valence-corrected chi connectivity index (χ3v) is 5.25. The van der Waals surface area contributed by atoms with Gasteiger partial charge in [-0.1, -0.05) is 35.9 Å². The van der Waals surface area contributed by atoms with Crippen LogP contribution in [0.1, 0.15) is 18.1 Å². The fourth-order valence-electron chi connectivity index (χ4n) is 2.15. The molecule has 0 saturated carbocycles. The summed E-state index contributed by atoms with van der Waals surface area (Å²) in [5.41, 5.74) is 5.47. The van der Waals surface area contributed by atoms with Gasteiger partial charge in [-0.3, -0.25) is 5.43 Å². The smallest absolute Gasteiger partial charge is 0.186 e. The Kier molecular flexibility index (Phi) is 7.14. The Morgan fingerprint density at radius 2 is 1.73 bits per heavy atom. The first-order valence-electron chi connectivity index (χ1n) is 7.89. The second kappa shape index (κ2) is 9.12. The van der Waals surface area contributed by atoms with E-state index in [-0.39, 0.29) is 4.90 Å². The van der Waals surface area contributed by atoms with E-state index in [9.17, 15) is 8.42 Å². The number of rotatable bonds is 6. The van der Waals surface area contributed by atoms with Crippen LogP contribution in [0, 0.1) is 0 Å². The Labute approximate surface area is 164 Å². The topological polar surface area (TPSA) is 70.6 Å². The zero-order chi connectivity index (χ0) is 19.2. The number of hydrogen-bond donors (Lipinski definition) is 2. The van der Waals surface area contributed by atoms with Gasteiger partial charge in [0.05, 0.1) is 10.6 Å². The van der Waals surface area contributed by atoms with E-state index in [1.807, 2.05) is 31.2 Å². The normalized spacial score (nSPS) is 11.9. The summed E-state index contributed by atoms with van der Waals surface area (Å²) in [7, 11) is -3.20. The highest BCUT2D eigenvalue weighted by atomic mass is 35.5. The molecule has 0 saturated heterocycles. The third-order valence-electron chi connectivity index (χ3n) is 3.64. The van der Waals surface area contributed by atoms with Crippen LogP contribution in [0.5, 0.6) is 0 Å². The van der Waals surface area contributed by atoms with E-state index >= 15 is 0 Å². The maximum Gasteiger partial charge on any atom is 0.186 e. The van der Waals surface area contributed by atoms with E-state index in [0.29, 0.717) is 22.4 Å². The van der Waals surface area contributed by atoms with Crippen LogP contribution in [-0.2, 0) is 16.3 Å². The van der Waals surface area contributed by atoms with E-state index in [4.69, 9.17) is 23.8 Å². The van der Waals surface area contributed by atoms with Crippen molar-refractivity contribution in [3.05, 3.63) is 64.7 Å². The lowest BCUT2D eigenvalue weighted by Gasteiger charge is -2.08. The first kappa shape index (κ1) is 20.4. The van der Waals surface area contributed by atoms with Crippen molar-refractivity contribution in [1.82, 2.24) is 10.7 Å². The predicted octanol–water partition coefficient (Wildman–Crippen LogP) is 3.17. The molecule has 0 aliphatic carbocycles. The Bertz CT molecular complexity index is 893. The highest BCUT2D eigenvalue weighted by Gasteiger charge is 2.07. The van der Waals surface area contributed by atoms with E-state index in [1.54, 1.807) is 24.3 Å². The molecule has 2 aromatic rings. The first-order valence-corrected chi connectivity index (χ1v) is 10.6. The number of halogens is 1. The van der Waals surface area contributed by atoms with Gasteiger partial charge in [0.25, 0.3) is 0 Å². The number of sulfone groups is 1. The molecule has 0 aliphatic rings. The van der Waals surface area contributed by atoms with Crippen molar-refractivity contribution < 1.29 is 8.42 Å². The largest absolute Gasteiger partial charge is 0.361 e. The standard InChI is InChI=1S/C18H20ClN3O2S2/c1-13(15-5-9-17(10-6-15)26(2,23)24)21-22-18(25)20-12-11-14-3-7-16(19)8-4-14/h3-10H,11-12H2,1-2H3,(H2,20,22,25)/b21-13-. The minimum atomic E-state index is -3.20. The summed E-state index contributed by atoms with van der Waals surface area (Å²) in [4.78, 5) is 0.279. The summed E-state index contributed by atoms with van der Waals surface area (Å²) >= 11 is 11.1. The number of hydrogen-bond acceptors (Lipinski definition) is 4. The molecule has 0 radical (unpaired) electrons. The maximum atomic E-state index is 11.5. The van der Waals surface area contributed by atoms with Crippen LogP contribution < -0.4 is 10.7 Å². The van der Waals surface area contributed by atoms with Gasteiger partial charge in [0.1, 0.15) is 0 Å². The van der Waals surface area contributed by atoms with Gasteiger partial charge in [0.2, 0.25) is 0 Å². The van der Waals surface area contributed by atoms with Crippen LogP contribution in [0.4, 0.5) is 0 Å². The molecule has 0 fully saturated rings. The van der Waals surface area contributed by atoms with Crippen molar-refractivity contribution in [2.45, 2.75) is 18.2 Å². The highest BCUT2D eigenvalue weighted by molar-refractivity contribution is 7.90. The van der Waals surface area contributed by atoms with E-state index in [1.165, 1.54) is 6.26 Å². The number of benzene rings is 2. The molecule has 26 heavy (non-hydrogen) atoms. The lowest BCUT2D eigenvalue weighted by Crippen LogP contribution is -2.33. The van der Waals surface area contributed by atoms with Gasteiger partial charge in [-0.05, 0) is 61.0 Å². The lowest BCUT2D eigenvalue weighted by molar-refractivity contribution is 0.602. The van der Waals surface area contributed by atoms with Crippen LogP contribution >= 0.6 is 23.8 Å². The van der Waals surface area contributed by atoms with Crippen LogP contribution in [0.2, 0.25) is 5.02 Å². The quantitative estimate of drug-likeness (QED) is 0.435. The van der Waals surface area contributed by atoms with Crippen molar-refractivity contribution in [2.75, 3.05) is 12.8 Å². The molecule has 2 aromatic carbocycles. The Hall–Kier alpha value is -1.96. The van der Waals surface area contributed by atoms with Crippen LogP contribution in [0.15, 0.2) is 58.5 Å². The minimum absolute atomic E-state index is 0.279. The zero-order valence-electron chi connectivity index (χ0n) is 14.5. The number of hydrazone groups is 1. The SMILES string of the molecule is C/C(=N/NC(=S)NCCc1ccc(Cl)cc1)c1ccc(S(C)(=O)=O)cc1. The Balaban J connectivity index is 1.83. The van der Waals surface area contributed by atoms with Crippen LogP contribution in [0.3, 0.4) is 0 Å². The third kappa shape index (κ3) is 6.40. The molecule has 8 heteroatoms. The molecule has 0 aromatic heterocycles. The van der Waals surface area contributed by atoms with Gasteiger partial charge in [0.15, 0.2) is 14.9 Å². The van der Waals surface area contributed by atoms with Gasteiger partial charge in [-0.25, -0.2) is 8.42 Å². The summed E-state index contributed by atoms with van der Waals surface area (Å²) in [6, 6.07) is 14.2. The molecule has 5 nitrogen and oxygen atoms in total. The van der Waals surface area contributed by atoms with Gasteiger partial charge in [-0.15, -0.1) is 0 Å². The lowest BCUT2D eigenvalue weighted by atomic mass is 10.1. The highest BCUT2D eigenvalue weighted by Crippen LogP contribution is 2.11. The van der Waals surface area contributed by atoms with Crippen molar-refractivity contribution in [3.8, 4) is 0 Å². The number of thiocarbonyl (C=S) groups is 1. The fourth-order valence-corrected chi connectivity index (χ4v) is 3.06. The van der Waals surface area contributed by atoms with E-state index in [0.717, 1.165) is 17.5 Å². The summed E-state index contributed by atoms with van der Waals surface area (Å²) in [5, 5.41) is 8.44. The molecule has 138 valence electrons. The van der Waals surface area contributed by atoms with Gasteiger partial charge in [-0.2, -0.15) is 5.10 Å². The van der Waals surface area contributed by atoms with Crippen LogP contribution in [-0.4, -0.2) is 32.0 Å². The molecule has 0 atom stereocenters. The fraction of sp³-hybridized carbons (Fsp3) is 0.222. The summed E-state index contributed by atoms with van der Waals surface area (Å²) < 4.78 is 22.9. The van der Waals surface area contributed by atoms with Gasteiger partial charge in [0, 0.05) is 17.8 Å². The summed E-state index contributed by atoms with van der Waals surface area (Å²) in [5.74, 6) is 0. The molecular formula is C18H20ClN3O2S2. The molecule has 0 amide bonds. The average Bonchev–Trinajstić information content (AvgIpc) is 2.61. The Morgan fingerprint density at radius 1 is 1.12 bits per heavy atom. The average molecular weight is 410 g/mol. The molecule has 0 heterocycles. The van der Waals surface area contributed by atoms with E-state index < -0.39 is 9.84 Å². The molecule has 0 spiro atoms. The molecule has 0 bridgehead atoms. The maximum absolute atomic E-state index is 11.5. The van der Waals surface area contributed by atoms with Gasteiger partial charge >= 0.3 is 0 Å². The molecule has 0 aliphatic heterocycles. The van der Waals surface area contributed by atoms with Crippen molar-refractivity contribution in [3.63, 3.8) is 0 Å². The molecular weight excluding hydrogens is 390 g/mol. The first-order chi connectivity index (χ1) is 12.3.